The van der Waals surface area contributed by atoms with Crippen LogP contribution in [-0.2, 0) is 20.4 Å². The van der Waals surface area contributed by atoms with Crippen LogP contribution < -0.4 is 4.74 Å². The van der Waals surface area contributed by atoms with Gasteiger partial charge in [0.05, 0.1) is 10.9 Å². The second-order valence-electron chi connectivity index (χ2n) is 6.17. The van der Waals surface area contributed by atoms with Crippen molar-refractivity contribution in [2.45, 2.75) is 21.6 Å². The molecule has 0 aliphatic carbocycles. The SMILES string of the molecule is C=C(C)C(=O)OCCOc1ccc([S+](c2ccccc2)c2ccccc2)cc1.[CH3-]. The number of carbonyl (C=O) groups excluding carboxylic acids is 1. The van der Waals surface area contributed by atoms with Crippen LogP contribution in [-0.4, -0.2) is 19.2 Å². The van der Waals surface area contributed by atoms with Gasteiger partial charge in [-0.2, -0.15) is 0 Å². The van der Waals surface area contributed by atoms with Crippen LogP contribution >= 0.6 is 0 Å². The van der Waals surface area contributed by atoms with Crippen LogP contribution in [0.5, 0.6) is 5.75 Å². The van der Waals surface area contributed by atoms with Crippen molar-refractivity contribution < 1.29 is 14.3 Å². The minimum absolute atomic E-state index is 0. The molecular weight excluding hydrogens is 380 g/mol. The van der Waals surface area contributed by atoms with Gasteiger partial charge < -0.3 is 16.9 Å². The predicted octanol–water partition coefficient (Wildman–Crippen LogP) is 5.73. The molecule has 4 heteroatoms. The summed E-state index contributed by atoms with van der Waals surface area (Å²) in [4.78, 5) is 15.1. The van der Waals surface area contributed by atoms with E-state index in [0.717, 1.165) is 5.75 Å². The molecule has 0 unspecified atom stereocenters. The summed E-state index contributed by atoms with van der Waals surface area (Å²) in [6.45, 7) is 5.68. The molecule has 0 amide bonds. The van der Waals surface area contributed by atoms with Crippen LogP contribution in [0.4, 0.5) is 0 Å². The lowest BCUT2D eigenvalue weighted by atomic mass is 10.3. The van der Waals surface area contributed by atoms with Crippen molar-refractivity contribution in [3.63, 3.8) is 0 Å². The molecule has 0 aliphatic heterocycles. The highest BCUT2D eigenvalue weighted by molar-refractivity contribution is 7.97. The van der Waals surface area contributed by atoms with Crippen molar-refractivity contribution in [2.24, 2.45) is 0 Å². The van der Waals surface area contributed by atoms with E-state index in [1.54, 1.807) is 6.92 Å². The van der Waals surface area contributed by atoms with Gasteiger partial charge in [0.15, 0.2) is 14.7 Å². The van der Waals surface area contributed by atoms with Crippen molar-refractivity contribution in [2.75, 3.05) is 13.2 Å². The lowest BCUT2D eigenvalue weighted by Crippen LogP contribution is -2.12. The Morgan fingerprint density at radius 3 is 1.76 bits per heavy atom. The monoisotopic (exact) mass is 406 g/mol. The van der Waals surface area contributed by atoms with Gasteiger partial charge in [-0.25, -0.2) is 4.79 Å². The molecule has 29 heavy (non-hydrogen) atoms. The average molecular weight is 407 g/mol. The molecule has 0 N–H and O–H groups in total. The van der Waals surface area contributed by atoms with Gasteiger partial charge >= 0.3 is 5.97 Å². The van der Waals surface area contributed by atoms with Crippen molar-refractivity contribution in [1.82, 2.24) is 0 Å². The highest BCUT2D eigenvalue weighted by atomic mass is 32.2. The number of carbonyl (C=O) groups is 1. The van der Waals surface area contributed by atoms with Gasteiger partial charge in [-0.3, -0.25) is 0 Å². The molecule has 0 atom stereocenters. The van der Waals surface area contributed by atoms with E-state index in [4.69, 9.17) is 9.47 Å². The summed E-state index contributed by atoms with van der Waals surface area (Å²) in [6, 6.07) is 29.1. The first-order valence-corrected chi connectivity index (χ1v) is 10.3. The zero-order valence-corrected chi connectivity index (χ0v) is 17.7. The minimum atomic E-state index is -0.395. The van der Waals surface area contributed by atoms with E-state index < -0.39 is 5.97 Å². The second kappa shape index (κ2) is 11.1. The first kappa shape index (κ1) is 22.3. The lowest BCUT2D eigenvalue weighted by molar-refractivity contribution is -0.139. The van der Waals surface area contributed by atoms with Gasteiger partial charge in [-0.15, -0.1) is 0 Å². The van der Waals surface area contributed by atoms with E-state index in [9.17, 15) is 4.79 Å². The summed E-state index contributed by atoms with van der Waals surface area (Å²) >= 11 is 0. The molecule has 3 rings (SSSR count). The molecule has 0 aliphatic rings. The second-order valence-corrected chi connectivity index (χ2v) is 8.19. The van der Waals surface area contributed by atoms with E-state index in [1.165, 1.54) is 14.7 Å². The summed E-state index contributed by atoms with van der Waals surface area (Å²) in [5, 5.41) is 0. The molecular formula is C25H26O3S. The molecule has 0 radical (unpaired) electrons. The van der Waals surface area contributed by atoms with Gasteiger partial charge in [-0.1, -0.05) is 43.0 Å². The van der Waals surface area contributed by atoms with Gasteiger partial charge in [0, 0.05) is 5.57 Å². The largest absolute Gasteiger partial charge is 0.490 e. The fourth-order valence-electron chi connectivity index (χ4n) is 2.61. The van der Waals surface area contributed by atoms with Crippen LogP contribution in [0, 0.1) is 7.43 Å². The molecule has 0 saturated carbocycles. The molecule has 3 aromatic carbocycles. The summed E-state index contributed by atoms with van der Waals surface area (Å²) in [5.74, 6) is 0.355. The molecule has 3 aromatic rings. The zero-order chi connectivity index (χ0) is 19.8. The third kappa shape index (κ3) is 6.26. The molecule has 3 nitrogen and oxygen atoms in total. The fourth-order valence-corrected chi connectivity index (χ4v) is 4.69. The van der Waals surface area contributed by atoms with E-state index in [1.807, 2.05) is 24.3 Å². The smallest absolute Gasteiger partial charge is 0.333 e. The topological polar surface area (TPSA) is 35.5 Å². The molecule has 0 fully saturated rings. The number of rotatable bonds is 8. The van der Waals surface area contributed by atoms with E-state index in [2.05, 4.69) is 67.2 Å². The van der Waals surface area contributed by atoms with Gasteiger partial charge in [0.25, 0.3) is 0 Å². The van der Waals surface area contributed by atoms with Crippen LogP contribution in [0.25, 0.3) is 0 Å². The number of hydrogen-bond donors (Lipinski definition) is 0. The number of hydrogen-bond acceptors (Lipinski definition) is 3. The molecule has 0 spiro atoms. The number of ether oxygens (including phenoxy) is 2. The zero-order valence-electron chi connectivity index (χ0n) is 16.8. The lowest BCUT2D eigenvalue weighted by Gasteiger charge is -2.10. The minimum Gasteiger partial charge on any atom is -0.490 e. The van der Waals surface area contributed by atoms with E-state index >= 15 is 0 Å². The molecule has 0 saturated heterocycles. The summed E-state index contributed by atoms with van der Waals surface area (Å²) in [5.41, 5.74) is 0.387. The molecule has 150 valence electrons. The van der Waals surface area contributed by atoms with Crippen molar-refractivity contribution in [1.29, 1.82) is 0 Å². The van der Waals surface area contributed by atoms with Gasteiger partial charge in [0.2, 0.25) is 0 Å². The maximum atomic E-state index is 11.4. The fraction of sp³-hybridized carbons (Fsp3) is 0.120. The average Bonchev–Trinajstić information content (AvgIpc) is 2.74. The van der Waals surface area contributed by atoms with Crippen molar-refractivity contribution in [3.05, 3.63) is 105 Å². The maximum Gasteiger partial charge on any atom is 0.333 e. The Balaban J connectivity index is 0.00000300. The van der Waals surface area contributed by atoms with E-state index in [0.29, 0.717) is 12.2 Å². The number of esters is 1. The molecule has 0 aromatic heterocycles. The van der Waals surface area contributed by atoms with Crippen LogP contribution in [0.3, 0.4) is 0 Å². The highest BCUT2D eigenvalue weighted by Crippen LogP contribution is 2.31. The first-order chi connectivity index (χ1) is 13.6. The van der Waals surface area contributed by atoms with E-state index in [-0.39, 0.29) is 24.9 Å². The van der Waals surface area contributed by atoms with Crippen LogP contribution in [0.2, 0.25) is 0 Å². The Bertz CT molecular complexity index is 866. The Morgan fingerprint density at radius 2 is 1.28 bits per heavy atom. The first-order valence-electron chi connectivity index (χ1n) is 9.05. The van der Waals surface area contributed by atoms with Gasteiger partial charge in [-0.05, 0) is 55.5 Å². The Morgan fingerprint density at radius 1 is 0.793 bits per heavy atom. The maximum absolute atomic E-state index is 11.4. The van der Waals surface area contributed by atoms with Crippen LogP contribution in [0.1, 0.15) is 6.92 Å². The summed E-state index contributed by atoms with van der Waals surface area (Å²) in [6.07, 6.45) is 0. The number of benzene rings is 3. The Hall–Kier alpha value is -2.98. The predicted molar refractivity (Wildman–Crippen MR) is 119 cm³/mol. The third-order valence-electron chi connectivity index (χ3n) is 3.95. The van der Waals surface area contributed by atoms with Crippen molar-refractivity contribution in [3.8, 4) is 5.75 Å². The normalized spacial score (nSPS) is 10.1. The summed E-state index contributed by atoms with van der Waals surface area (Å²) < 4.78 is 10.7. The summed E-state index contributed by atoms with van der Waals surface area (Å²) in [7, 11) is -0.176. The standard InChI is InChI=1S/C24H23O3S.CH3/c1-19(2)24(25)27-18-17-26-20-13-15-23(16-14-20)28(21-9-5-3-6-10-21)22-11-7-4-8-12-22;/h3-16H,1,17-18H2,2H3;1H3/q+1;-1. The van der Waals surface area contributed by atoms with Crippen molar-refractivity contribution >= 4 is 16.9 Å². The Labute approximate surface area is 176 Å². The van der Waals surface area contributed by atoms with Gasteiger partial charge in [0.1, 0.15) is 19.0 Å². The quantitative estimate of drug-likeness (QED) is 0.158. The molecule has 0 bridgehead atoms. The Kier molecular flexibility index (Phi) is 8.56. The van der Waals surface area contributed by atoms with Crippen LogP contribution in [0.15, 0.2) is 112 Å². The third-order valence-corrected chi connectivity index (χ3v) is 6.18. The highest BCUT2D eigenvalue weighted by Gasteiger charge is 2.28. The molecule has 0 heterocycles.